The van der Waals surface area contributed by atoms with E-state index >= 15 is 0 Å². The van der Waals surface area contributed by atoms with E-state index in [-0.39, 0.29) is 28.3 Å². The van der Waals surface area contributed by atoms with E-state index in [1.54, 1.807) is 0 Å². The van der Waals surface area contributed by atoms with Gasteiger partial charge in [0.15, 0.2) is 0 Å². The molecule has 0 aliphatic rings. The van der Waals surface area contributed by atoms with Crippen LogP contribution in [-0.2, 0) is 21.7 Å². The molecule has 0 aliphatic carbocycles. The minimum absolute atomic E-state index is 0. The Kier molecular flexibility index (Phi) is 6.23. The monoisotopic (exact) mass is 186 g/mol. The molecule has 0 amide bonds. The average molecular weight is 186 g/mol. The maximum atomic E-state index is 8.40. The van der Waals surface area contributed by atoms with Crippen molar-refractivity contribution in [1.29, 1.82) is 0 Å². The van der Waals surface area contributed by atoms with E-state index in [1.807, 2.05) is 30.3 Å². The number of aliphatic hydroxyl groups is 1. The molecule has 0 aliphatic heterocycles. The van der Waals surface area contributed by atoms with E-state index in [2.05, 4.69) is 0 Å². The van der Waals surface area contributed by atoms with Gasteiger partial charge in [-0.05, 0) is 12.1 Å². The van der Waals surface area contributed by atoms with Crippen LogP contribution in [0.1, 0.15) is 0 Å². The van der Waals surface area contributed by atoms with Crippen molar-refractivity contribution in [3.05, 3.63) is 30.3 Å². The van der Waals surface area contributed by atoms with Gasteiger partial charge in [0.1, 0.15) is 12.4 Å². The van der Waals surface area contributed by atoms with Crippen LogP contribution in [0.15, 0.2) is 30.3 Å². The van der Waals surface area contributed by atoms with Crippen molar-refractivity contribution in [3.8, 4) is 5.75 Å². The first-order valence-electron chi connectivity index (χ1n) is 3.22. The normalized spacial score (nSPS) is 8.45. The smallest absolute Gasteiger partial charge is 0.119 e. The van der Waals surface area contributed by atoms with Gasteiger partial charge in [-0.3, -0.25) is 0 Å². The Balaban J connectivity index is 0.000001000. The number of benzene rings is 1. The Morgan fingerprint density at radius 1 is 1.18 bits per heavy atom. The second kappa shape index (κ2) is 6.41. The molecule has 0 heterocycles. The standard InChI is InChI=1S/C8H10O2.Ti/c9-6-7-10-8-4-2-1-3-5-8;/h1-5,9H,6-7H2;. The van der Waals surface area contributed by atoms with Crippen LogP contribution >= 0.6 is 0 Å². The fourth-order valence-corrected chi connectivity index (χ4v) is 0.680. The fourth-order valence-electron chi connectivity index (χ4n) is 0.680. The summed E-state index contributed by atoms with van der Waals surface area (Å²) in [6.07, 6.45) is 0. The van der Waals surface area contributed by atoms with E-state index in [4.69, 9.17) is 9.84 Å². The van der Waals surface area contributed by atoms with Gasteiger partial charge < -0.3 is 9.84 Å². The van der Waals surface area contributed by atoms with Crippen LogP contribution in [0.2, 0.25) is 0 Å². The maximum Gasteiger partial charge on any atom is 0.119 e. The van der Waals surface area contributed by atoms with E-state index < -0.39 is 0 Å². The zero-order valence-corrected chi connectivity index (χ0v) is 7.72. The number of aliphatic hydroxyl groups excluding tert-OH is 1. The summed E-state index contributed by atoms with van der Waals surface area (Å²) < 4.78 is 5.11. The van der Waals surface area contributed by atoms with Gasteiger partial charge in [-0.25, -0.2) is 0 Å². The van der Waals surface area contributed by atoms with Crippen molar-refractivity contribution < 1.29 is 31.6 Å². The van der Waals surface area contributed by atoms with Crippen LogP contribution in [0.4, 0.5) is 0 Å². The molecule has 0 aromatic heterocycles. The molecule has 0 radical (unpaired) electrons. The SMILES string of the molecule is OCCOc1ccccc1.[Ti]. The second-order valence-electron chi connectivity index (χ2n) is 1.89. The fraction of sp³-hybridized carbons (Fsp3) is 0.250. The molecule has 1 rings (SSSR count). The first-order chi connectivity index (χ1) is 4.93. The summed E-state index contributed by atoms with van der Waals surface area (Å²) in [6.45, 7) is 0.429. The van der Waals surface area contributed by atoms with Crippen molar-refractivity contribution >= 4 is 0 Å². The zero-order valence-electron chi connectivity index (χ0n) is 6.16. The van der Waals surface area contributed by atoms with Crippen LogP contribution in [0.5, 0.6) is 5.75 Å². The van der Waals surface area contributed by atoms with Crippen molar-refractivity contribution in [2.75, 3.05) is 13.2 Å². The number of ether oxygens (including phenoxy) is 1. The van der Waals surface area contributed by atoms with Crippen molar-refractivity contribution in [2.24, 2.45) is 0 Å². The molecule has 1 N–H and O–H groups in total. The third kappa shape index (κ3) is 4.20. The van der Waals surface area contributed by atoms with Crippen LogP contribution in [0.25, 0.3) is 0 Å². The van der Waals surface area contributed by atoms with E-state index in [9.17, 15) is 0 Å². The first kappa shape index (κ1) is 10.7. The Labute approximate surface area is 81.1 Å². The summed E-state index contributed by atoms with van der Waals surface area (Å²) in [5, 5.41) is 8.40. The van der Waals surface area contributed by atoms with Gasteiger partial charge >= 0.3 is 0 Å². The molecule has 0 bridgehead atoms. The minimum Gasteiger partial charge on any atom is -0.491 e. The number of hydrogen-bond acceptors (Lipinski definition) is 2. The van der Waals surface area contributed by atoms with Gasteiger partial charge in [0.05, 0.1) is 6.61 Å². The third-order valence-electron chi connectivity index (χ3n) is 1.10. The van der Waals surface area contributed by atoms with E-state index in [0.29, 0.717) is 6.61 Å². The number of para-hydroxylation sites is 1. The second-order valence-corrected chi connectivity index (χ2v) is 1.89. The molecule has 0 unspecified atom stereocenters. The van der Waals surface area contributed by atoms with Crippen molar-refractivity contribution in [1.82, 2.24) is 0 Å². The number of rotatable bonds is 3. The quantitative estimate of drug-likeness (QED) is 0.715. The van der Waals surface area contributed by atoms with Gasteiger partial charge in [-0.1, -0.05) is 18.2 Å². The number of hydrogen-bond donors (Lipinski definition) is 1. The summed E-state index contributed by atoms with van der Waals surface area (Å²) in [6, 6.07) is 9.43. The molecule has 11 heavy (non-hydrogen) atoms. The van der Waals surface area contributed by atoms with Crippen LogP contribution < -0.4 is 4.74 Å². The molecule has 58 valence electrons. The summed E-state index contributed by atoms with van der Waals surface area (Å²) in [5.74, 6) is 0.802. The molecule has 0 saturated heterocycles. The molecular formula is C8H10O2Ti. The molecule has 3 heteroatoms. The Morgan fingerprint density at radius 3 is 2.36 bits per heavy atom. The predicted octanol–water partition coefficient (Wildman–Crippen LogP) is 1.06. The molecule has 0 spiro atoms. The Hall–Kier alpha value is -0.306. The van der Waals surface area contributed by atoms with Crippen LogP contribution in [0.3, 0.4) is 0 Å². The van der Waals surface area contributed by atoms with Gasteiger partial charge in [0.2, 0.25) is 0 Å². The minimum atomic E-state index is 0. The van der Waals surface area contributed by atoms with Crippen LogP contribution in [0, 0.1) is 0 Å². The van der Waals surface area contributed by atoms with Crippen molar-refractivity contribution in [2.45, 2.75) is 0 Å². The summed E-state index contributed by atoms with van der Waals surface area (Å²) in [4.78, 5) is 0. The van der Waals surface area contributed by atoms with Crippen LogP contribution in [-0.4, -0.2) is 18.3 Å². The molecule has 0 atom stereocenters. The third-order valence-corrected chi connectivity index (χ3v) is 1.10. The molecule has 1 aromatic rings. The van der Waals surface area contributed by atoms with Crippen molar-refractivity contribution in [3.63, 3.8) is 0 Å². The van der Waals surface area contributed by atoms with E-state index in [0.717, 1.165) is 5.75 Å². The maximum absolute atomic E-state index is 8.40. The first-order valence-corrected chi connectivity index (χ1v) is 3.22. The Morgan fingerprint density at radius 2 is 1.82 bits per heavy atom. The topological polar surface area (TPSA) is 29.5 Å². The summed E-state index contributed by atoms with van der Waals surface area (Å²) in [5.41, 5.74) is 0. The average Bonchev–Trinajstić information content (AvgIpc) is 2.03. The molecular weight excluding hydrogens is 176 g/mol. The van der Waals surface area contributed by atoms with Gasteiger partial charge in [0, 0.05) is 21.7 Å². The summed E-state index contributed by atoms with van der Waals surface area (Å²) >= 11 is 0. The zero-order chi connectivity index (χ0) is 7.23. The van der Waals surface area contributed by atoms with E-state index in [1.165, 1.54) is 0 Å². The molecule has 0 saturated carbocycles. The largest absolute Gasteiger partial charge is 0.491 e. The van der Waals surface area contributed by atoms with Gasteiger partial charge in [0.25, 0.3) is 0 Å². The van der Waals surface area contributed by atoms with Gasteiger partial charge in [-0.2, -0.15) is 0 Å². The van der Waals surface area contributed by atoms with Gasteiger partial charge in [-0.15, -0.1) is 0 Å². The molecule has 1 aromatic carbocycles. The summed E-state index contributed by atoms with van der Waals surface area (Å²) in [7, 11) is 0. The Bertz CT molecular complexity index is 177. The molecule has 2 nitrogen and oxygen atoms in total. The predicted molar refractivity (Wildman–Crippen MR) is 39.0 cm³/mol. The molecule has 0 fully saturated rings.